The summed E-state index contributed by atoms with van der Waals surface area (Å²) in [5.41, 5.74) is 0.910. The third kappa shape index (κ3) is 2.31. The Labute approximate surface area is 101 Å². The smallest absolute Gasteiger partial charge is 0.328 e. The van der Waals surface area contributed by atoms with Gasteiger partial charge in [-0.05, 0) is 34.5 Å². The number of halogens is 1. The van der Waals surface area contributed by atoms with E-state index >= 15 is 0 Å². The summed E-state index contributed by atoms with van der Waals surface area (Å²) in [7, 11) is 0. The van der Waals surface area contributed by atoms with E-state index in [0.29, 0.717) is 0 Å². The van der Waals surface area contributed by atoms with Gasteiger partial charge in [0.15, 0.2) is 0 Å². The number of rotatable bonds is 2. The van der Waals surface area contributed by atoms with Crippen molar-refractivity contribution in [2.24, 2.45) is 0 Å². The van der Waals surface area contributed by atoms with E-state index in [1.165, 1.54) is 0 Å². The Kier molecular flexibility index (Phi) is 3.06. The van der Waals surface area contributed by atoms with Gasteiger partial charge in [0.25, 0.3) is 0 Å². The lowest BCUT2D eigenvalue weighted by molar-refractivity contribution is -0.131. The summed E-state index contributed by atoms with van der Waals surface area (Å²) in [5, 5.41) is 10.7. The molecule has 0 bridgehead atoms. The van der Waals surface area contributed by atoms with Crippen LogP contribution in [0.5, 0.6) is 0 Å². The molecule has 0 aromatic heterocycles. The predicted molar refractivity (Wildman–Crippen MR) is 68.3 cm³/mol. The molecule has 0 aliphatic rings. The summed E-state index contributed by atoms with van der Waals surface area (Å²) < 4.78 is 1.01. The number of carboxylic acids is 1. The number of carboxylic acid groups (broad SMARTS) is 1. The molecule has 0 aliphatic heterocycles. The van der Waals surface area contributed by atoms with E-state index < -0.39 is 5.97 Å². The Hall–Kier alpha value is -1.61. The Bertz CT molecular complexity index is 573. The minimum Gasteiger partial charge on any atom is -0.478 e. The first-order valence-electron chi connectivity index (χ1n) is 4.76. The van der Waals surface area contributed by atoms with E-state index in [1.54, 1.807) is 6.08 Å². The normalized spacial score (nSPS) is 11.1. The molecule has 0 amide bonds. The maximum atomic E-state index is 10.5. The van der Waals surface area contributed by atoms with Crippen LogP contribution in [0.2, 0.25) is 0 Å². The lowest BCUT2D eigenvalue weighted by Crippen LogP contribution is -1.86. The lowest BCUT2D eigenvalue weighted by Gasteiger charge is -2.02. The molecule has 80 valence electrons. The van der Waals surface area contributed by atoms with Crippen molar-refractivity contribution in [3.63, 3.8) is 0 Å². The Morgan fingerprint density at radius 2 is 2.06 bits per heavy atom. The second kappa shape index (κ2) is 4.49. The van der Waals surface area contributed by atoms with E-state index in [0.717, 1.165) is 26.9 Å². The molecule has 2 nitrogen and oxygen atoms in total. The monoisotopic (exact) mass is 276 g/mol. The van der Waals surface area contributed by atoms with Crippen LogP contribution in [0.4, 0.5) is 0 Å². The molecule has 0 fully saturated rings. The zero-order valence-electron chi connectivity index (χ0n) is 8.35. The van der Waals surface area contributed by atoms with Crippen molar-refractivity contribution < 1.29 is 9.90 Å². The van der Waals surface area contributed by atoms with Crippen molar-refractivity contribution in [3.8, 4) is 0 Å². The third-order valence-electron chi connectivity index (χ3n) is 2.28. The summed E-state index contributed by atoms with van der Waals surface area (Å²) >= 11 is 3.41. The molecule has 0 unspecified atom stereocenters. The summed E-state index contributed by atoms with van der Waals surface area (Å²) in [6, 6.07) is 11.7. The Morgan fingerprint density at radius 3 is 2.81 bits per heavy atom. The molecule has 0 saturated heterocycles. The maximum Gasteiger partial charge on any atom is 0.328 e. The van der Waals surface area contributed by atoms with Gasteiger partial charge in [-0.25, -0.2) is 4.79 Å². The van der Waals surface area contributed by atoms with E-state index in [1.807, 2.05) is 36.4 Å². The second-order valence-corrected chi connectivity index (χ2v) is 4.30. The van der Waals surface area contributed by atoms with Crippen LogP contribution in [0.25, 0.3) is 16.8 Å². The van der Waals surface area contributed by atoms with Gasteiger partial charge in [-0.3, -0.25) is 0 Å². The number of hydrogen-bond donors (Lipinski definition) is 1. The molecular weight excluding hydrogens is 268 g/mol. The quantitative estimate of drug-likeness (QED) is 0.850. The van der Waals surface area contributed by atoms with Crippen LogP contribution in [-0.4, -0.2) is 11.1 Å². The molecule has 0 spiro atoms. The highest BCUT2D eigenvalue weighted by Gasteiger charge is 1.98. The van der Waals surface area contributed by atoms with Crippen molar-refractivity contribution in [2.75, 3.05) is 0 Å². The second-order valence-electron chi connectivity index (χ2n) is 3.38. The van der Waals surface area contributed by atoms with Crippen LogP contribution in [0.3, 0.4) is 0 Å². The molecule has 0 radical (unpaired) electrons. The van der Waals surface area contributed by atoms with Crippen LogP contribution in [0, 0.1) is 0 Å². The van der Waals surface area contributed by atoms with Gasteiger partial charge in [0, 0.05) is 10.5 Å². The zero-order chi connectivity index (χ0) is 11.5. The first-order chi connectivity index (χ1) is 7.66. The van der Waals surface area contributed by atoms with Gasteiger partial charge in [-0.15, -0.1) is 0 Å². The number of aliphatic carboxylic acids is 1. The van der Waals surface area contributed by atoms with E-state index in [4.69, 9.17) is 5.11 Å². The average Bonchev–Trinajstić information content (AvgIpc) is 2.25. The summed E-state index contributed by atoms with van der Waals surface area (Å²) in [6.07, 6.45) is 2.76. The molecule has 2 rings (SSSR count). The van der Waals surface area contributed by atoms with Gasteiger partial charge in [-0.2, -0.15) is 0 Å². The first-order valence-corrected chi connectivity index (χ1v) is 5.55. The molecule has 2 aromatic carbocycles. The van der Waals surface area contributed by atoms with Crippen LogP contribution in [0.15, 0.2) is 46.9 Å². The number of benzene rings is 2. The van der Waals surface area contributed by atoms with Gasteiger partial charge in [0.05, 0.1) is 0 Å². The maximum absolute atomic E-state index is 10.5. The van der Waals surface area contributed by atoms with E-state index in [9.17, 15) is 4.79 Å². The van der Waals surface area contributed by atoms with E-state index in [-0.39, 0.29) is 0 Å². The lowest BCUT2D eigenvalue weighted by atomic mass is 10.0. The average molecular weight is 277 g/mol. The topological polar surface area (TPSA) is 37.3 Å². The number of fused-ring (bicyclic) bond motifs is 1. The molecule has 0 saturated carbocycles. The van der Waals surface area contributed by atoms with Crippen molar-refractivity contribution >= 4 is 38.7 Å². The number of carbonyl (C=O) groups is 1. The van der Waals surface area contributed by atoms with Crippen LogP contribution in [-0.2, 0) is 4.79 Å². The van der Waals surface area contributed by atoms with Crippen molar-refractivity contribution in [3.05, 3.63) is 52.5 Å². The SMILES string of the molecule is O=C(O)/C=C/c1cccc2cc(Br)ccc12. The Balaban J connectivity index is 2.58. The van der Waals surface area contributed by atoms with Gasteiger partial charge < -0.3 is 5.11 Å². The zero-order valence-corrected chi connectivity index (χ0v) is 9.94. The largest absolute Gasteiger partial charge is 0.478 e. The van der Waals surface area contributed by atoms with Crippen molar-refractivity contribution in [1.82, 2.24) is 0 Å². The fourth-order valence-electron chi connectivity index (χ4n) is 1.59. The third-order valence-corrected chi connectivity index (χ3v) is 2.77. The predicted octanol–water partition coefficient (Wildman–Crippen LogP) is 3.70. The van der Waals surface area contributed by atoms with Crippen LogP contribution in [0.1, 0.15) is 5.56 Å². The van der Waals surface area contributed by atoms with Gasteiger partial charge in [-0.1, -0.05) is 40.2 Å². The minimum atomic E-state index is -0.936. The highest BCUT2D eigenvalue weighted by molar-refractivity contribution is 9.10. The summed E-state index contributed by atoms with van der Waals surface area (Å²) in [5.74, 6) is -0.936. The fourth-order valence-corrected chi connectivity index (χ4v) is 1.96. The molecule has 0 aliphatic carbocycles. The standard InChI is InChI=1S/C13H9BrO2/c14-11-5-6-12-9(4-7-13(15)16)2-1-3-10(12)8-11/h1-8H,(H,15,16)/b7-4+. The number of hydrogen-bond acceptors (Lipinski definition) is 1. The van der Waals surface area contributed by atoms with Gasteiger partial charge >= 0.3 is 5.97 Å². The summed E-state index contributed by atoms with van der Waals surface area (Å²) in [4.78, 5) is 10.5. The Morgan fingerprint density at radius 1 is 1.25 bits per heavy atom. The molecule has 1 N–H and O–H groups in total. The van der Waals surface area contributed by atoms with Gasteiger partial charge in [0.1, 0.15) is 0 Å². The molecule has 16 heavy (non-hydrogen) atoms. The molecule has 0 atom stereocenters. The summed E-state index contributed by atoms with van der Waals surface area (Å²) in [6.45, 7) is 0. The first kappa shape index (κ1) is 10.9. The molecular formula is C13H9BrO2. The fraction of sp³-hybridized carbons (Fsp3) is 0. The van der Waals surface area contributed by atoms with Crippen molar-refractivity contribution in [2.45, 2.75) is 0 Å². The minimum absolute atomic E-state index is 0.910. The molecule has 2 aromatic rings. The highest BCUT2D eigenvalue weighted by atomic mass is 79.9. The van der Waals surface area contributed by atoms with Gasteiger partial charge in [0.2, 0.25) is 0 Å². The van der Waals surface area contributed by atoms with Crippen molar-refractivity contribution in [1.29, 1.82) is 0 Å². The highest BCUT2D eigenvalue weighted by Crippen LogP contribution is 2.23. The molecule has 3 heteroatoms. The van der Waals surface area contributed by atoms with Crippen LogP contribution >= 0.6 is 15.9 Å². The molecule has 0 heterocycles. The van der Waals surface area contributed by atoms with E-state index in [2.05, 4.69) is 15.9 Å². The van der Waals surface area contributed by atoms with Crippen LogP contribution < -0.4 is 0 Å².